The van der Waals surface area contributed by atoms with Crippen molar-refractivity contribution in [2.24, 2.45) is 5.92 Å². The Kier molecular flexibility index (Phi) is 3.44. The number of allylic oxidation sites excluding steroid dienone is 1. The normalized spacial score (nSPS) is 24.2. The Balaban J connectivity index is 1.63. The minimum absolute atomic E-state index is 0.757. The van der Waals surface area contributed by atoms with Gasteiger partial charge in [0.05, 0.1) is 0 Å². The first-order chi connectivity index (χ1) is 11.1. The molecule has 0 heterocycles. The number of hydrogen-bond acceptors (Lipinski definition) is 0. The highest BCUT2D eigenvalue weighted by Gasteiger charge is 2.56. The third-order valence-corrected chi connectivity index (χ3v) is 5.91. The quantitative estimate of drug-likeness (QED) is 0.646. The summed E-state index contributed by atoms with van der Waals surface area (Å²) in [4.78, 5) is 0. The van der Waals surface area contributed by atoms with Crippen molar-refractivity contribution in [1.82, 2.24) is 0 Å². The van der Waals surface area contributed by atoms with E-state index in [9.17, 15) is 0 Å². The average Bonchev–Trinajstić information content (AvgIpc) is 3.15. The van der Waals surface area contributed by atoms with E-state index in [4.69, 9.17) is 0 Å². The average molecular weight is 302 g/mol. The summed E-state index contributed by atoms with van der Waals surface area (Å²) in [5.41, 5.74) is 10.3. The molecule has 3 atom stereocenters. The number of rotatable bonds is 4. The first-order valence-corrected chi connectivity index (χ1v) is 9.03. The zero-order valence-electron chi connectivity index (χ0n) is 14.5. The van der Waals surface area contributed by atoms with E-state index < -0.39 is 0 Å². The highest BCUT2D eigenvalue weighted by Crippen LogP contribution is 2.66. The van der Waals surface area contributed by atoms with E-state index in [-0.39, 0.29) is 0 Å². The molecule has 0 nitrogen and oxygen atoms in total. The summed E-state index contributed by atoms with van der Waals surface area (Å²) in [7, 11) is 0. The highest BCUT2D eigenvalue weighted by atomic mass is 14.6. The molecule has 1 saturated carbocycles. The maximum atomic E-state index is 4.19. The fourth-order valence-electron chi connectivity index (χ4n) is 4.58. The summed E-state index contributed by atoms with van der Waals surface area (Å²) in [5, 5.41) is 0. The zero-order chi connectivity index (χ0) is 16.1. The second-order valence-corrected chi connectivity index (χ2v) is 7.40. The van der Waals surface area contributed by atoms with Crippen molar-refractivity contribution < 1.29 is 0 Å². The molecule has 0 bridgehead atoms. The van der Waals surface area contributed by atoms with E-state index in [1.165, 1.54) is 28.7 Å². The third-order valence-electron chi connectivity index (χ3n) is 5.91. The van der Waals surface area contributed by atoms with Gasteiger partial charge in [0.1, 0.15) is 0 Å². The van der Waals surface area contributed by atoms with Crippen LogP contribution in [0.25, 0.3) is 5.57 Å². The van der Waals surface area contributed by atoms with Crippen LogP contribution in [0.5, 0.6) is 0 Å². The maximum absolute atomic E-state index is 4.19. The minimum Gasteiger partial charge on any atom is -0.0952 e. The molecule has 0 aromatic heterocycles. The second kappa shape index (κ2) is 5.37. The largest absolute Gasteiger partial charge is 0.0952 e. The lowest BCUT2D eigenvalue weighted by Crippen LogP contribution is -1.97. The molecule has 2 aliphatic rings. The first-order valence-electron chi connectivity index (χ1n) is 9.03. The lowest BCUT2D eigenvalue weighted by molar-refractivity contribution is 0.811. The number of fused-ring (bicyclic) bond motifs is 3. The van der Waals surface area contributed by atoms with E-state index in [0.29, 0.717) is 0 Å². The van der Waals surface area contributed by atoms with Crippen LogP contribution < -0.4 is 0 Å². The molecule has 2 aromatic rings. The third kappa shape index (κ3) is 2.36. The Morgan fingerprint density at radius 1 is 1.09 bits per heavy atom. The van der Waals surface area contributed by atoms with E-state index in [1.54, 1.807) is 16.7 Å². The van der Waals surface area contributed by atoms with Gasteiger partial charge in [0.2, 0.25) is 0 Å². The summed E-state index contributed by atoms with van der Waals surface area (Å²) in [6.45, 7) is 10.9. The van der Waals surface area contributed by atoms with Crippen LogP contribution in [0.2, 0.25) is 0 Å². The van der Waals surface area contributed by atoms with Gasteiger partial charge in [0, 0.05) is 0 Å². The molecule has 0 saturated heterocycles. The standard InChI is InChI=1S/C23H26/c1-5-15(4)17-7-8-20-18(12-17)13-21-22(23(20)21)19-10-14(3)9-16(6-2)11-19/h7-12,21-23H,4-6,13H2,1-3H3/t21-,22?,23+/m0/s1. The maximum Gasteiger partial charge on any atom is -0.00498 e. The smallest absolute Gasteiger partial charge is 0.00498 e. The summed E-state index contributed by atoms with van der Waals surface area (Å²) in [5.74, 6) is 2.36. The molecular weight excluding hydrogens is 276 g/mol. The van der Waals surface area contributed by atoms with E-state index in [2.05, 4.69) is 63.7 Å². The number of hydrogen-bond donors (Lipinski definition) is 0. The van der Waals surface area contributed by atoms with Gasteiger partial charge in [-0.3, -0.25) is 0 Å². The van der Waals surface area contributed by atoms with Crippen molar-refractivity contribution in [2.45, 2.75) is 51.9 Å². The Hall–Kier alpha value is -1.82. The van der Waals surface area contributed by atoms with Crippen molar-refractivity contribution in [3.63, 3.8) is 0 Å². The van der Waals surface area contributed by atoms with E-state index in [0.717, 1.165) is 30.6 Å². The summed E-state index contributed by atoms with van der Waals surface area (Å²) in [6.07, 6.45) is 3.43. The van der Waals surface area contributed by atoms with Crippen molar-refractivity contribution in [3.05, 3.63) is 76.4 Å². The van der Waals surface area contributed by atoms with Crippen LogP contribution in [0.3, 0.4) is 0 Å². The van der Waals surface area contributed by atoms with Gasteiger partial charge in [-0.2, -0.15) is 0 Å². The van der Waals surface area contributed by atoms with Crippen LogP contribution in [0, 0.1) is 12.8 Å². The Morgan fingerprint density at radius 2 is 1.91 bits per heavy atom. The van der Waals surface area contributed by atoms with Gasteiger partial charge in [-0.1, -0.05) is 62.4 Å². The summed E-state index contributed by atoms with van der Waals surface area (Å²) < 4.78 is 0. The zero-order valence-corrected chi connectivity index (χ0v) is 14.5. The van der Waals surface area contributed by atoms with Gasteiger partial charge in [-0.15, -0.1) is 0 Å². The van der Waals surface area contributed by atoms with Crippen LogP contribution >= 0.6 is 0 Å². The minimum atomic E-state index is 0.757. The van der Waals surface area contributed by atoms with Crippen LogP contribution in [-0.4, -0.2) is 0 Å². The predicted molar refractivity (Wildman–Crippen MR) is 99.0 cm³/mol. The van der Waals surface area contributed by atoms with Gasteiger partial charge in [0.15, 0.2) is 0 Å². The fraction of sp³-hybridized carbons (Fsp3) is 0.391. The molecule has 0 amide bonds. The van der Waals surface area contributed by atoms with Crippen LogP contribution in [0.15, 0.2) is 43.0 Å². The SMILES string of the molecule is C=C(CC)c1ccc2c(c1)C[C@H]1C(c3cc(C)cc(CC)c3)[C@H]21. The topological polar surface area (TPSA) is 0 Å². The molecule has 118 valence electrons. The molecule has 1 unspecified atom stereocenters. The number of aryl methyl sites for hydroxylation is 2. The second-order valence-electron chi connectivity index (χ2n) is 7.40. The Labute approximate surface area is 140 Å². The molecule has 0 N–H and O–H groups in total. The molecule has 0 spiro atoms. The molecule has 4 rings (SSSR count). The first kappa shape index (κ1) is 14.8. The van der Waals surface area contributed by atoms with Crippen molar-refractivity contribution in [3.8, 4) is 0 Å². The molecular formula is C23H26. The van der Waals surface area contributed by atoms with Gasteiger partial charge < -0.3 is 0 Å². The van der Waals surface area contributed by atoms with Gasteiger partial charge >= 0.3 is 0 Å². The molecule has 23 heavy (non-hydrogen) atoms. The number of benzene rings is 2. The Morgan fingerprint density at radius 3 is 2.65 bits per heavy atom. The summed E-state index contributed by atoms with van der Waals surface area (Å²) >= 11 is 0. The van der Waals surface area contributed by atoms with Crippen molar-refractivity contribution >= 4 is 5.57 Å². The molecule has 0 heteroatoms. The molecule has 1 fully saturated rings. The van der Waals surface area contributed by atoms with E-state index >= 15 is 0 Å². The van der Waals surface area contributed by atoms with Crippen LogP contribution in [-0.2, 0) is 12.8 Å². The molecule has 2 aliphatic carbocycles. The van der Waals surface area contributed by atoms with Crippen molar-refractivity contribution in [1.29, 1.82) is 0 Å². The van der Waals surface area contributed by atoms with Gasteiger partial charge in [0.25, 0.3) is 0 Å². The van der Waals surface area contributed by atoms with Crippen LogP contribution in [0.1, 0.15) is 65.5 Å². The summed E-state index contributed by atoms with van der Waals surface area (Å²) in [6, 6.07) is 14.3. The van der Waals surface area contributed by atoms with Crippen molar-refractivity contribution in [2.75, 3.05) is 0 Å². The lowest BCUT2D eigenvalue weighted by atomic mass is 9.93. The lowest BCUT2D eigenvalue weighted by Gasteiger charge is -2.12. The fourth-order valence-corrected chi connectivity index (χ4v) is 4.58. The Bertz CT molecular complexity index is 781. The predicted octanol–water partition coefficient (Wildman–Crippen LogP) is 6.03. The monoisotopic (exact) mass is 302 g/mol. The van der Waals surface area contributed by atoms with Crippen LogP contribution in [0.4, 0.5) is 0 Å². The van der Waals surface area contributed by atoms with E-state index in [1.807, 2.05) is 0 Å². The van der Waals surface area contributed by atoms with Gasteiger partial charge in [-0.25, -0.2) is 0 Å². The molecule has 0 aliphatic heterocycles. The molecule has 2 aromatic carbocycles. The molecule has 0 radical (unpaired) electrons. The highest BCUT2D eigenvalue weighted by molar-refractivity contribution is 5.66. The van der Waals surface area contributed by atoms with Gasteiger partial charge in [-0.05, 0) is 77.3 Å².